The number of carbonyl (C=O) groups is 1. The van der Waals surface area contributed by atoms with Crippen LogP contribution in [0, 0.1) is 0 Å². The Balaban J connectivity index is 2.86. The van der Waals surface area contributed by atoms with Gasteiger partial charge in [-0.05, 0) is 32.4 Å². The lowest BCUT2D eigenvalue weighted by Crippen LogP contribution is -2.33. The van der Waals surface area contributed by atoms with Crippen LogP contribution >= 0.6 is 0 Å². The molecule has 0 aliphatic heterocycles. The van der Waals surface area contributed by atoms with E-state index < -0.39 is 5.97 Å². The van der Waals surface area contributed by atoms with Crippen LogP contribution in [0.4, 0.5) is 0 Å². The number of fused-ring (bicyclic) bond motifs is 1. The highest BCUT2D eigenvalue weighted by Gasteiger charge is 2.24. The predicted octanol–water partition coefficient (Wildman–Crippen LogP) is 2.17. The smallest absolute Gasteiger partial charge is 0.337 e. The zero-order chi connectivity index (χ0) is 13.5. The summed E-state index contributed by atoms with van der Waals surface area (Å²) >= 11 is 0. The van der Waals surface area contributed by atoms with Crippen molar-refractivity contribution in [3.8, 4) is 0 Å². The third-order valence-corrected chi connectivity index (χ3v) is 3.42. The largest absolute Gasteiger partial charge is 0.478 e. The van der Waals surface area contributed by atoms with Crippen LogP contribution in [0.5, 0.6) is 0 Å². The zero-order valence-corrected chi connectivity index (χ0v) is 10.7. The number of aromatic carboxylic acids is 1. The topological polar surface area (TPSA) is 75.1 Å². The number of aromatic nitrogens is 2. The molecule has 1 aromatic heterocycles. The highest BCUT2D eigenvalue weighted by Crippen LogP contribution is 2.24. The Kier molecular flexibility index (Phi) is 2.77. The molecular weight excluding hydrogens is 232 g/mol. The summed E-state index contributed by atoms with van der Waals surface area (Å²) in [6, 6.07) is 4.91. The second kappa shape index (κ2) is 4.01. The van der Waals surface area contributed by atoms with Crippen LogP contribution in [0.15, 0.2) is 23.0 Å². The number of carboxylic acid groups (broad SMARTS) is 1. The van der Waals surface area contributed by atoms with Crippen LogP contribution in [0.3, 0.4) is 0 Å². The van der Waals surface area contributed by atoms with Crippen molar-refractivity contribution in [2.45, 2.75) is 32.7 Å². The fourth-order valence-corrected chi connectivity index (χ4v) is 2.07. The van der Waals surface area contributed by atoms with Gasteiger partial charge in [-0.15, -0.1) is 0 Å². The average Bonchev–Trinajstić information content (AvgIpc) is 2.64. The van der Waals surface area contributed by atoms with Gasteiger partial charge in [0.05, 0.1) is 16.6 Å². The van der Waals surface area contributed by atoms with E-state index in [2.05, 4.69) is 4.98 Å². The molecule has 0 spiro atoms. The number of H-pyrrole nitrogens is 1. The first-order valence-electron chi connectivity index (χ1n) is 5.86. The Morgan fingerprint density at radius 1 is 1.44 bits per heavy atom. The molecule has 0 unspecified atom stereocenters. The highest BCUT2D eigenvalue weighted by molar-refractivity contribution is 6.00. The first-order chi connectivity index (χ1) is 8.38. The van der Waals surface area contributed by atoms with E-state index >= 15 is 0 Å². The van der Waals surface area contributed by atoms with Crippen LogP contribution < -0.4 is 5.69 Å². The lowest BCUT2D eigenvalue weighted by molar-refractivity contribution is 0.0699. The molecule has 0 aliphatic rings. The molecule has 2 N–H and O–H groups in total. The van der Waals surface area contributed by atoms with Crippen molar-refractivity contribution >= 4 is 17.0 Å². The van der Waals surface area contributed by atoms with Crippen LogP contribution in [-0.4, -0.2) is 20.6 Å². The molecule has 0 fully saturated rings. The van der Waals surface area contributed by atoms with Gasteiger partial charge < -0.3 is 10.1 Å². The third-order valence-electron chi connectivity index (χ3n) is 3.42. The van der Waals surface area contributed by atoms with Gasteiger partial charge in [0.25, 0.3) is 0 Å². The van der Waals surface area contributed by atoms with Crippen LogP contribution in [0.1, 0.15) is 37.6 Å². The molecule has 1 aromatic carbocycles. The molecule has 5 heteroatoms. The second-order valence-corrected chi connectivity index (χ2v) is 4.94. The van der Waals surface area contributed by atoms with Crippen molar-refractivity contribution in [1.29, 1.82) is 0 Å². The molecule has 0 bridgehead atoms. The molecule has 0 aliphatic carbocycles. The number of para-hydroxylation sites is 1. The van der Waals surface area contributed by atoms with E-state index in [9.17, 15) is 9.59 Å². The van der Waals surface area contributed by atoms with Gasteiger partial charge in [0, 0.05) is 5.54 Å². The molecule has 2 aromatic rings. The van der Waals surface area contributed by atoms with Gasteiger partial charge >= 0.3 is 11.7 Å². The van der Waals surface area contributed by atoms with Crippen LogP contribution in [-0.2, 0) is 5.54 Å². The van der Waals surface area contributed by atoms with Gasteiger partial charge in [0.15, 0.2) is 0 Å². The summed E-state index contributed by atoms with van der Waals surface area (Å²) in [5.74, 6) is -1.04. The SMILES string of the molecule is CCC(C)(C)n1c(=O)[nH]c2c(C(=O)O)cccc21. The summed E-state index contributed by atoms with van der Waals surface area (Å²) < 4.78 is 1.62. The fraction of sp³-hybridized carbons (Fsp3) is 0.385. The molecule has 5 nitrogen and oxygen atoms in total. The number of hydrogen-bond donors (Lipinski definition) is 2. The minimum absolute atomic E-state index is 0.121. The molecule has 2 rings (SSSR count). The summed E-state index contributed by atoms with van der Waals surface area (Å²) in [6.07, 6.45) is 0.775. The number of nitrogens with one attached hydrogen (secondary N) is 1. The second-order valence-electron chi connectivity index (χ2n) is 4.94. The van der Waals surface area contributed by atoms with Gasteiger partial charge in [-0.1, -0.05) is 13.0 Å². The van der Waals surface area contributed by atoms with E-state index in [1.54, 1.807) is 16.7 Å². The molecule has 1 heterocycles. The molecule has 96 valence electrons. The number of carboxylic acids is 1. The number of nitrogens with zero attached hydrogens (tertiary/aromatic N) is 1. The normalized spacial score (nSPS) is 11.9. The minimum Gasteiger partial charge on any atom is -0.478 e. The van der Waals surface area contributed by atoms with Crippen molar-refractivity contribution in [3.63, 3.8) is 0 Å². The molecule has 0 saturated carbocycles. The van der Waals surface area contributed by atoms with E-state index in [4.69, 9.17) is 5.11 Å². The standard InChI is InChI=1S/C13H16N2O3/c1-4-13(2,3)15-9-7-5-6-8(11(16)17)10(9)14-12(15)18/h5-7H,4H2,1-3H3,(H,14,18)(H,16,17). The number of rotatable bonds is 3. The van der Waals surface area contributed by atoms with Crippen LogP contribution in [0.2, 0.25) is 0 Å². The monoisotopic (exact) mass is 248 g/mol. The van der Waals surface area contributed by atoms with Gasteiger partial charge in [0.1, 0.15) is 0 Å². The van der Waals surface area contributed by atoms with Gasteiger partial charge in [0.2, 0.25) is 0 Å². The summed E-state index contributed by atoms with van der Waals surface area (Å²) in [5.41, 5.74) is 0.510. The minimum atomic E-state index is -1.04. The van der Waals surface area contributed by atoms with Crippen molar-refractivity contribution in [2.75, 3.05) is 0 Å². The Hall–Kier alpha value is -2.04. The Morgan fingerprint density at radius 2 is 2.11 bits per heavy atom. The third kappa shape index (κ3) is 1.72. The van der Waals surface area contributed by atoms with E-state index in [0.717, 1.165) is 6.42 Å². The summed E-state index contributed by atoms with van der Waals surface area (Å²) in [5, 5.41) is 9.11. The average molecular weight is 248 g/mol. The Labute approximate surface area is 104 Å². The quantitative estimate of drug-likeness (QED) is 0.874. The molecular formula is C13H16N2O3. The lowest BCUT2D eigenvalue weighted by Gasteiger charge is -2.24. The zero-order valence-electron chi connectivity index (χ0n) is 10.7. The number of benzene rings is 1. The highest BCUT2D eigenvalue weighted by atomic mass is 16.4. The lowest BCUT2D eigenvalue weighted by atomic mass is 10.0. The van der Waals surface area contributed by atoms with Gasteiger partial charge in [-0.2, -0.15) is 0 Å². The molecule has 0 saturated heterocycles. The fourth-order valence-electron chi connectivity index (χ4n) is 2.07. The molecule has 18 heavy (non-hydrogen) atoms. The van der Waals surface area contributed by atoms with E-state index in [1.807, 2.05) is 20.8 Å². The number of aromatic amines is 1. The Morgan fingerprint density at radius 3 is 2.67 bits per heavy atom. The van der Waals surface area contributed by atoms with Crippen molar-refractivity contribution in [2.24, 2.45) is 0 Å². The maximum atomic E-state index is 12.0. The van der Waals surface area contributed by atoms with Crippen molar-refractivity contribution in [3.05, 3.63) is 34.2 Å². The maximum absolute atomic E-state index is 12.0. The maximum Gasteiger partial charge on any atom is 0.337 e. The van der Waals surface area contributed by atoms with E-state index in [-0.39, 0.29) is 16.8 Å². The van der Waals surface area contributed by atoms with Crippen LogP contribution in [0.25, 0.3) is 11.0 Å². The first kappa shape index (κ1) is 12.4. The van der Waals surface area contributed by atoms with Crippen molar-refractivity contribution in [1.82, 2.24) is 9.55 Å². The van der Waals surface area contributed by atoms with Gasteiger partial charge in [-0.3, -0.25) is 4.57 Å². The van der Waals surface area contributed by atoms with Crippen molar-refractivity contribution < 1.29 is 9.90 Å². The number of hydrogen-bond acceptors (Lipinski definition) is 2. The molecule has 0 atom stereocenters. The molecule has 0 radical (unpaired) electrons. The molecule has 0 amide bonds. The summed E-state index contributed by atoms with van der Waals surface area (Å²) in [7, 11) is 0. The summed E-state index contributed by atoms with van der Waals surface area (Å²) in [6.45, 7) is 5.90. The van der Waals surface area contributed by atoms with Gasteiger partial charge in [-0.25, -0.2) is 9.59 Å². The number of imidazole rings is 1. The van der Waals surface area contributed by atoms with E-state index in [0.29, 0.717) is 11.0 Å². The predicted molar refractivity (Wildman–Crippen MR) is 69.1 cm³/mol. The Bertz CT molecular complexity index is 664. The van der Waals surface area contributed by atoms with E-state index in [1.165, 1.54) is 6.07 Å². The summed E-state index contributed by atoms with van der Waals surface area (Å²) in [4.78, 5) is 25.8. The first-order valence-corrected chi connectivity index (χ1v) is 5.86.